The predicted molar refractivity (Wildman–Crippen MR) is 75.2 cm³/mol. The molecule has 4 heteroatoms. The lowest BCUT2D eigenvalue weighted by Gasteiger charge is -2.32. The van der Waals surface area contributed by atoms with E-state index in [9.17, 15) is 4.79 Å². The van der Waals surface area contributed by atoms with E-state index in [-0.39, 0.29) is 11.9 Å². The van der Waals surface area contributed by atoms with Crippen molar-refractivity contribution in [3.05, 3.63) is 23.7 Å². The number of aryl methyl sites for hydroxylation is 1. The van der Waals surface area contributed by atoms with Crippen molar-refractivity contribution in [2.75, 3.05) is 19.6 Å². The maximum absolute atomic E-state index is 12.6. The molecule has 1 N–H and O–H groups in total. The minimum atomic E-state index is 0.0970. The number of piperidine rings is 1. The van der Waals surface area contributed by atoms with Gasteiger partial charge in [0.15, 0.2) is 0 Å². The maximum Gasteiger partial charge on any atom is 0.257 e. The largest absolute Gasteiger partial charge is 0.469 e. The normalized spacial score (nSPS) is 16.8. The number of carbonyl (C=O) groups excluding carboxylic acids is 1. The lowest BCUT2D eigenvalue weighted by Crippen LogP contribution is -2.43. The molecule has 1 amide bonds. The Morgan fingerprint density at radius 2 is 2.16 bits per heavy atom. The summed E-state index contributed by atoms with van der Waals surface area (Å²) in [6, 6.07) is 1.99. The summed E-state index contributed by atoms with van der Waals surface area (Å²) in [5.74, 6) is 1.42. The fraction of sp³-hybridized carbons (Fsp3) is 0.667. The van der Waals surface area contributed by atoms with E-state index in [1.165, 1.54) is 0 Å². The molecule has 1 aromatic rings. The molecule has 4 nitrogen and oxygen atoms in total. The van der Waals surface area contributed by atoms with Crippen LogP contribution in [0.4, 0.5) is 0 Å². The first kappa shape index (κ1) is 14.1. The molecule has 0 saturated carbocycles. The highest BCUT2D eigenvalue weighted by atomic mass is 16.3. The van der Waals surface area contributed by atoms with Crippen LogP contribution in [0.2, 0.25) is 0 Å². The maximum atomic E-state index is 12.6. The molecule has 1 saturated heterocycles. The van der Waals surface area contributed by atoms with Crippen molar-refractivity contribution in [2.45, 2.75) is 39.7 Å². The van der Waals surface area contributed by atoms with Crippen molar-refractivity contribution in [1.29, 1.82) is 0 Å². The molecule has 0 aliphatic carbocycles. The lowest BCUT2D eigenvalue weighted by atomic mass is 9.96. The number of nitrogens with zero attached hydrogens (tertiary/aromatic N) is 1. The fourth-order valence-corrected chi connectivity index (χ4v) is 2.63. The zero-order valence-corrected chi connectivity index (χ0v) is 12.1. The quantitative estimate of drug-likeness (QED) is 0.908. The Morgan fingerprint density at radius 1 is 1.47 bits per heavy atom. The van der Waals surface area contributed by atoms with Crippen molar-refractivity contribution in [2.24, 2.45) is 5.92 Å². The van der Waals surface area contributed by atoms with Gasteiger partial charge in [-0.2, -0.15) is 0 Å². The molecule has 0 bridgehead atoms. The molecule has 0 spiro atoms. The van der Waals surface area contributed by atoms with E-state index in [0.717, 1.165) is 32.5 Å². The van der Waals surface area contributed by atoms with Gasteiger partial charge in [0.25, 0.3) is 5.91 Å². The Morgan fingerprint density at radius 3 is 2.68 bits per heavy atom. The molecule has 0 aromatic carbocycles. The first-order chi connectivity index (χ1) is 9.09. The standard InChI is InChI=1S/C15H24N2O2/c1-11(2)17(10-13-4-7-16-8-5-13)15(18)14-6-9-19-12(14)3/h6,9,11,13,16H,4-5,7-8,10H2,1-3H3. The summed E-state index contributed by atoms with van der Waals surface area (Å²) in [5.41, 5.74) is 0.697. The highest BCUT2D eigenvalue weighted by Crippen LogP contribution is 2.19. The van der Waals surface area contributed by atoms with Crippen LogP contribution in [0.5, 0.6) is 0 Å². The van der Waals surface area contributed by atoms with Crippen LogP contribution in [0.1, 0.15) is 42.8 Å². The van der Waals surface area contributed by atoms with Crippen LogP contribution in [-0.2, 0) is 0 Å². The smallest absolute Gasteiger partial charge is 0.257 e. The number of carbonyl (C=O) groups is 1. The summed E-state index contributed by atoms with van der Waals surface area (Å²) in [6.45, 7) is 8.98. The molecule has 1 aliphatic rings. The highest BCUT2D eigenvalue weighted by Gasteiger charge is 2.25. The first-order valence-corrected chi connectivity index (χ1v) is 7.15. The molecule has 2 rings (SSSR count). The first-order valence-electron chi connectivity index (χ1n) is 7.15. The molecule has 1 aliphatic heterocycles. The van der Waals surface area contributed by atoms with Gasteiger partial charge < -0.3 is 14.6 Å². The monoisotopic (exact) mass is 264 g/mol. The van der Waals surface area contributed by atoms with Gasteiger partial charge in [-0.3, -0.25) is 4.79 Å². The van der Waals surface area contributed by atoms with Crippen LogP contribution >= 0.6 is 0 Å². The van der Waals surface area contributed by atoms with Gasteiger partial charge in [-0.1, -0.05) is 0 Å². The fourth-order valence-electron chi connectivity index (χ4n) is 2.63. The topological polar surface area (TPSA) is 45.5 Å². The summed E-state index contributed by atoms with van der Waals surface area (Å²) in [5, 5.41) is 3.36. The van der Waals surface area contributed by atoms with Gasteiger partial charge in [-0.25, -0.2) is 0 Å². The average Bonchev–Trinajstić information content (AvgIpc) is 2.82. The molecule has 2 heterocycles. The van der Waals surface area contributed by atoms with Crippen LogP contribution in [0.3, 0.4) is 0 Å². The highest BCUT2D eigenvalue weighted by molar-refractivity contribution is 5.95. The predicted octanol–water partition coefficient (Wildman–Crippen LogP) is 2.44. The van der Waals surface area contributed by atoms with E-state index >= 15 is 0 Å². The van der Waals surface area contributed by atoms with Crippen LogP contribution in [-0.4, -0.2) is 36.5 Å². The van der Waals surface area contributed by atoms with Crippen molar-refractivity contribution >= 4 is 5.91 Å². The second-order valence-corrected chi connectivity index (χ2v) is 5.64. The molecule has 0 radical (unpaired) electrons. The third-order valence-corrected chi connectivity index (χ3v) is 3.89. The van der Waals surface area contributed by atoms with Crippen molar-refractivity contribution in [1.82, 2.24) is 10.2 Å². The van der Waals surface area contributed by atoms with E-state index in [1.54, 1.807) is 12.3 Å². The zero-order chi connectivity index (χ0) is 13.8. The van der Waals surface area contributed by atoms with Gasteiger partial charge in [0.05, 0.1) is 11.8 Å². The van der Waals surface area contributed by atoms with E-state index in [4.69, 9.17) is 4.42 Å². The van der Waals surface area contributed by atoms with E-state index in [1.807, 2.05) is 11.8 Å². The van der Waals surface area contributed by atoms with Gasteiger partial charge in [0.2, 0.25) is 0 Å². The van der Waals surface area contributed by atoms with Crippen molar-refractivity contribution in [3.63, 3.8) is 0 Å². The molecular weight excluding hydrogens is 240 g/mol. The number of nitrogens with one attached hydrogen (secondary N) is 1. The Labute approximate surface area is 115 Å². The Hall–Kier alpha value is -1.29. The minimum Gasteiger partial charge on any atom is -0.469 e. The van der Waals surface area contributed by atoms with Gasteiger partial charge in [-0.05, 0) is 58.7 Å². The van der Waals surface area contributed by atoms with E-state index in [2.05, 4.69) is 19.2 Å². The van der Waals surface area contributed by atoms with Gasteiger partial charge in [-0.15, -0.1) is 0 Å². The molecule has 0 unspecified atom stereocenters. The molecule has 0 atom stereocenters. The Kier molecular flexibility index (Phi) is 4.64. The SMILES string of the molecule is Cc1occc1C(=O)N(CC1CCNCC1)C(C)C. The number of rotatable bonds is 4. The lowest BCUT2D eigenvalue weighted by molar-refractivity contribution is 0.0656. The van der Waals surface area contributed by atoms with Crippen LogP contribution < -0.4 is 5.32 Å². The number of hydrogen-bond acceptors (Lipinski definition) is 3. The third-order valence-electron chi connectivity index (χ3n) is 3.89. The number of hydrogen-bond donors (Lipinski definition) is 1. The average molecular weight is 264 g/mol. The van der Waals surface area contributed by atoms with Crippen LogP contribution in [0, 0.1) is 12.8 Å². The van der Waals surface area contributed by atoms with Crippen LogP contribution in [0.15, 0.2) is 16.7 Å². The second-order valence-electron chi connectivity index (χ2n) is 5.64. The summed E-state index contributed by atoms with van der Waals surface area (Å²) < 4.78 is 5.25. The van der Waals surface area contributed by atoms with Gasteiger partial charge in [0, 0.05) is 12.6 Å². The second kappa shape index (κ2) is 6.24. The number of amides is 1. The Balaban J connectivity index is 2.07. The summed E-state index contributed by atoms with van der Waals surface area (Å²) in [6.07, 6.45) is 3.90. The van der Waals surface area contributed by atoms with E-state index < -0.39 is 0 Å². The molecule has 1 fully saturated rings. The summed E-state index contributed by atoms with van der Waals surface area (Å²) >= 11 is 0. The Bertz CT molecular complexity index is 420. The molecule has 19 heavy (non-hydrogen) atoms. The summed E-state index contributed by atoms with van der Waals surface area (Å²) in [4.78, 5) is 14.6. The van der Waals surface area contributed by atoms with Gasteiger partial charge in [0.1, 0.15) is 5.76 Å². The number of furan rings is 1. The van der Waals surface area contributed by atoms with Gasteiger partial charge >= 0.3 is 0 Å². The molecular formula is C15H24N2O2. The summed E-state index contributed by atoms with van der Waals surface area (Å²) in [7, 11) is 0. The minimum absolute atomic E-state index is 0.0970. The van der Waals surface area contributed by atoms with Crippen LogP contribution in [0.25, 0.3) is 0 Å². The third kappa shape index (κ3) is 3.38. The zero-order valence-electron chi connectivity index (χ0n) is 12.1. The molecule has 1 aromatic heterocycles. The van der Waals surface area contributed by atoms with Crippen molar-refractivity contribution < 1.29 is 9.21 Å². The van der Waals surface area contributed by atoms with E-state index in [0.29, 0.717) is 17.2 Å². The van der Waals surface area contributed by atoms with Crippen molar-refractivity contribution in [3.8, 4) is 0 Å². The molecule has 106 valence electrons.